The van der Waals surface area contributed by atoms with Gasteiger partial charge < -0.3 is 15.0 Å². The van der Waals surface area contributed by atoms with E-state index in [0.29, 0.717) is 6.54 Å². The van der Waals surface area contributed by atoms with Crippen LogP contribution in [-0.2, 0) is 4.74 Å². The SMILES string of the molecule is CC(C)(C)OC(=O)NCC=Cc1cnc[nH]1. The highest BCUT2D eigenvalue weighted by molar-refractivity contribution is 5.68. The fourth-order valence-corrected chi connectivity index (χ4v) is 1.00. The third kappa shape index (κ3) is 5.19. The molecule has 88 valence electrons. The summed E-state index contributed by atoms with van der Waals surface area (Å²) in [4.78, 5) is 18.0. The normalized spacial score (nSPS) is 11.7. The summed E-state index contributed by atoms with van der Waals surface area (Å²) in [5.74, 6) is 0. The van der Waals surface area contributed by atoms with Crippen molar-refractivity contribution in [1.29, 1.82) is 0 Å². The van der Waals surface area contributed by atoms with Crippen LogP contribution in [0, 0.1) is 0 Å². The van der Waals surface area contributed by atoms with Gasteiger partial charge >= 0.3 is 6.09 Å². The Morgan fingerprint density at radius 3 is 2.94 bits per heavy atom. The molecule has 1 heterocycles. The molecule has 0 spiro atoms. The molecule has 1 aromatic heterocycles. The molecule has 2 N–H and O–H groups in total. The van der Waals surface area contributed by atoms with Gasteiger partial charge in [0.1, 0.15) is 5.60 Å². The van der Waals surface area contributed by atoms with Crippen LogP contribution in [0.1, 0.15) is 26.5 Å². The van der Waals surface area contributed by atoms with Crippen LogP contribution >= 0.6 is 0 Å². The van der Waals surface area contributed by atoms with Crippen LogP contribution in [0.2, 0.25) is 0 Å². The van der Waals surface area contributed by atoms with E-state index in [4.69, 9.17) is 4.74 Å². The number of aromatic nitrogens is 2. The van der Waals surface area contributed by atoms with E-state index in [0.717, 1.165) is 5.69 Å². The highest BCUT2D eigenvalue weighted by Crippen LogP contribution is 2.06. The van der Waals surface area contributed by atoms with Gasteiger partial charge in [0.25, 0.3) is 0 Å². The van der Waals surface area contributed by atoms with Crippen LogP contribution < -0.4 is 5.32 Å². The molecule has 1 rings (SSSR count). The van der Waals surface area contributed by atoms with Gasteiger partial charge in [-0.3, -0.25) is 0 Å². The minimum absolute atomic E-state index is 0.415. The van der Waals surface area contributed by atoms with Crippen LogP contribution in [0.15, 0.2) is 18.6 Å². The molecule has 1 amide bonds. The number of H-pyrrole nitrogens is 1. The summed E-state index contributed by atoms with van der Waals surface area (Å²) in [5.41, 5.74) is 0.433. The molecule has 16 heavy (non-hydrogen) atoms. The zero-order chi connectivity index (χ0) is 12.0. The van der Waals surface area contributed by atoms with Crippen LogP contribution in [0.3, 0.4) is 0 Å². The molecule has 0 saturated heterocycles. The first-order chi connectivity index (χ1) is 7.47. The lowest BCUT2D eigenvalue weighted by atomic mass is 10.2. The Labute approximate surface area is 94.9 Å². The molecular weight excluding hydrogens is 206 g/mol. The number of alkyl carbamates (subject to hydrolysis) is 1. The van der Waals surface area contributed by atoms with Crippen molar-refractivity contribution in [3.05, 3.63) is 24.3 Å². The number of amides is 1. The molecule has 0 saturated carbocycles. The molecule has 0 radical (unpaired) electrons. The third-order valence-electron chi connectivity index (χ3n) is 1.58. The van der Waals surface area contributed by atoms with E-state index in [1.54, 1.807) is 12.5 Å². The van der Waals surface area contributed by atoms with Crippen molar-refractivity contribution < 1.29 is 9.53 Å². The van der Waals surface area contributed by atoms with Gasteiger partial charge in [0.05, 0.1) is 18.2 Å². The van der Waals surface area contributed by atoms with Gasteiger partial charge in [-0.15, -0.1) is 0 Å². The molecule has 0 aromatic carbocycles. The fraction of sp³-hybridized carbons (Fsp3) is 0.455. The second kappa shape index (κ2) is 5.34. The Hall–Kier alpha value is -1.78. The number of imidazole rings is 1. The van der Waals surface area contributed by atoms with Gasteiger partial charge in [-0.25, -0.2) is 9.78 Å². The van der Waals surface area contributed by atoms with Crippen molar-refractivity contribution in [2.24, 2.45) is 0 Å². The number of carbonyl (C=O) groups is 1. The average molecular weight is 223 g/mol. The summed E-state index contributed by atoms with van der Waals surface area (Å²) in [6.07, 6.45) is 6.54. The largest absolute Gasteiger partial charge is 0.444 e. The second-order valence-electron chi connectivity index (χ2n) is 4.29. The Bertz CT molecular complexity index is 350. The van der Waals surface area contributed by atoms with Crippen molar-refractivity contribution in [3.63, 3.8) is 0 Å². The number of ether oxygens (including phenoxy) is 1. The number of nitrogens with zero attached hydrogens (tertiary/aromatic N) is 1. The lowest BCUT2D eigenvalue weighted by Gasteiger charge is -2.19. The van der Waals surface area contributed by atoms with Crippen LogP contribution in [0.4, 0.5) is 4.79 Å². The number of hydrogen-bond donors (Lipinski definition) is 2. The summed E-state index contributed by atoms with van der Waals surface area (Å²) in [5, 5.41) is 2.62. The lowest BCUT2D eigenvalue weighted by Crippen LogP contribution is -2.32. The molecule has 0 unspecified atom stereocenters. The van der Waals surface area contributed by atoms with Crippen LogP contribution in [-0.4, -0.2) is 28.2 Å². The van der Waals surface area contributed by atoms with Crippen molar-refractivity contribution in [2.45, 2.75) is 26.4 Å². The molecular formula is C11H17N3O2. The molecule has 0 atom stereocenters. The van der Waals surface area contributed by atoms with E-state index in [2.05, 4.69) is 15.3 Å². The number of carbonyl (C=O) groups excluding carboxylic acids is 1. The molecule has 0 aliphatic rings. The minimum atomic E-state index is -0.461. The van der Waals surface area contributed by atoms with Crippen molar-refractivity contribution in [3.8, 4) is 0 Å². The maximum absolute atomic E-state index is 11.2. The van der Waals surface area contributed by atoms with Crippen LogP contribution in [0.5, 0.6) is 0 Å². The Morgan fingerprint density at radius 1 is 1.62 bits per heavy atom. The van der Waals surface area contributed by atoms with Gasteiger partial charge in [0.2, 0.25) is 0 Å². The first kappa shape index (κ1) is 12.3. The third-order valence-corrected chi connectivity index (χ3v) is 1.58. The molecule has 5 nitrogen and oxygen atoms in total. The second-order valence-corrected chi connectivity index (χ2v) is 4.29. The molecule has 0 fully saturated rings. The number of hydrogen-bond acceptors (Lipinski definition) is 3. The van der Waals surface area contributed by atoms with Gasteiger partial charge in [-0.2, -0.15) is 0 Å². The number of aromatic amines is 1. The quantitative estimate of drug-likeness (QED) is 0.823. The maximum atomic E-state index is 11.2. The Balaban J connectivity index is 2.23. The van der Waals surface area contributed by atoms with Crippen LogP contribution in [0.25, 0.3) is 6.08 Å². The summed E-state index contributed by atoms with van der Waals surface area (Å²) in [6.45, 7) is 5.90. The predicted octanol–water partition coefficient (Wildman–Crippen LogP) is 1.95. The zero-order valence-corrected chi connectivity index (χ0v) is 9.78. The van der Waals surface area contributed by atoms with E-state index in [9.17, 15) is 4.79 Å². The Kier molecular flexibility index (Phi) is 4.10. The predicted molar refractivity (Wildman–Crippen MR) is 61.9 cm³/mol. The van der Waals surface area contributed by atoms with E-state index in [1.807, 2.05) is 32.9 Å². The number of rotatable bonds is 3. The summed E-state index contributed by atoms with van der Waals surface area (Å²) >= 11 is 0. The number of nitrogens with one attached hydrogen (secondary N) is 2. The summed E-state index contributed by atoms with van der Waals surface area (Å²) in [7, 11) is 0. The van der Waals surface area contributed by atoms with Crippen molar-refractivity contribution in [2.75, 3.05) is 6.54 Å². The highest BCUT2D eigenvalue weighted by atomic mass is 16.6. The van der Waals surface area contributed by atoms with E-state index in [-0.39, 0.29) is 0 Å². The first-order valence-corrected chi connectivity index (χ1v) is 5.09. The maximum Gasteiger partial charge on any atom is 0.407 e. The zero-order valence-electron chi connectivity index (χ0n) is 9.78. The van der Waals surface area contributed by atoms with E-state index < -0.39 is 11.7 Å². The molecule has 1 aromatic rings. The summed E-state index contributed by atoms with van der Waals surface area (Å²) < 4.78 is 5.07. The summed E-state index contributed by atoms with van der Waals surface area (Å²) in [6, 6.07) is 0. The van der Waals surface area contributed by atoms with Gasteiger partial charge in [0, 0.05) is 6.54 Å². The highest BCUT2D eigenvalue weighted by Gasteiger charge is 2.14. The molecule has 5 heteroatoms. The van der Waals surface area contributed by atoms with E-state index in [1.165, 1.54) is 0 Å². The standard InChI is InChI=1S/C11H17N3O2/c1-11(2,3)16-10(15)13-6-4-5-9-7-12-8-14-9/h4-5,7-8H,6H2,1-3H3,(H,12,14)(H,13,15). The monoisotopic (exact) mass is 223 g/mol. The molecule has 0 aliphatic heterocycles. The van der Waals surface area contributed by atoms with Crippen molar-refractivity contribution >= 4 is 12.2 Å². The van der Waals surface area contributed by atoms with Gasteiger partial charge in [0.15, 0.2) is 0 Å². The van der Waals surface area contributed by atoms with Gasteiger partial charge in [-0.1, -0.05) is 6.08 Å². The van der Waals surface area contributed by atoms with E-state index >= 15 is 0 Å². The Morgan fingerprint density at radius 2 is 2.38 bits per heavy atom. The molecule has 0 bridgehead atoms. The first-order valence-electron chi connectivity index (χ1n) is 5.09. The van der Waals surface area contributed by atoms with Crippen molar-refractivity contribution in [1.82, 2.24) is 15.3 Å². The smallest absolute Gasteiger partial charge is 0.407 e. The minimum Gasteiger partial charge on any atom is -0.444 e. The lowest BCUT2D eigenvalue weighted by molar-refractivity contribution is 0.0534. The van der Waals surface area contributed by atoms with Gasteiger partial charge in [-0.05, 0) is 26.8 Å². The fourth-order valence-electron chi connectivity index (χ4n) is 1.00. The molecule has 0 aliphatic carbocycles. The average Bonchev–Trinajstić information content (AvgIpc) is 2.62. The topological polar surface area (TPSA) is 67.0 Å².